The summed E-state index contributed by atoms with van der Waals surface area (Å²) in [5.41, 5.74) is 5.91. The van der Waals surface area contributed by atoms with Crippen molar-refractivity contribution in [2.45, 2.75) is 37.0 Å². The Bertz CT molecular complexity index is 423. The summed E-state index contributed by atoms with van der Waals surface area (Å²) in [6, 6.07) is -0.909. The quantitative estimate of drug-likeness (QED) is 0.373. The first-order valence-electron chi connectivity index (χ1n) is 6.80. The zero-order valence-electron chi connectivity index (χ0n) is 11.0. The van der Waals surface area contributed by atoms with E-state index in [2.05, 4.69) is 23.5 Å². The molecule has 8 nitrogen and oxygen atoms in total. The van der Waals surface area contributed by atoms with Gasteiger partial charge in [0.15, 0.2) is 0 Å². The molecule has 3 rings (SSSR count). The molecule has 0 aromatic carbocycles. The summed E-state index contributed by atoms with van der Waals surface area (Å²) < 4.78 is 4.79. The molecule has 0 aliphatic carbocycles. The van der Waals surface area contributed by atoms with Gasteiger partial charge in [-0.3, -0.25) is 4.79 Å². The van der Waals surface area contributed by atoms with Crippen LogP contribution in [0.5, 0.6) is 0 Å². The van der Waals surface area contributed by atoms with Crippen LogP contribution in [0.2, 0.25) is 0 Å². The molecule has 3 aliphatic rings. The van der Waals surface area contributed by atoms with Gasteiger partial charge in [-0.25, -0.2) is 9.08 Å². The summed E-state index contributed by atoms with van der Waals surface area (Å²) in [5.74, 6) is -0.137. The van der Waals surface area contributed by atoms with Crippen molar-refractivity contribution >= 4 is 24.8 Å². The van der Waals surface area contributed by atoms with E-state index in [0.29, 0.717) is 26.1 Å². The minimum absolute atomic E-state index is 0.0144. The molecule has 0 aromatic heterocycles. The Morgan fingerprint density at radius 2 is 2.25 bits per heavy atom. The minimum Gasteiger partial charge on any atom is -0.349 e. The van der Waals surface area contributed by atoms with Crippen LogP contribution in [0.4, 0.5) is 4.79 Å². The molecule has 3 saturated heterocycles. The number of hydroxylamine groups is 2. The van der Waals surface area contributed by atoms with Gasteiger partial charge in [0.05, 0.1) is 12.1 Å². The molecule has 0 unspecified atom stereocenters. The van der Waals surface area contributed by atoms with Crippen LogP contribution in [-0.4, -0.2) is 65.7 Å². The summed E-state index contributed by atoms with van der Waals surface area (Å²) in [6.45, 7) is 1.87. The third kappa shape index (κ3) is 2.24. The lowest BCUT2D eigenvalue weighted by molar-refractivity contribution is -0.126. The Morgan fingerprint density at radius 3 is 2.90 bits per heavy atom. The van der Waals surface area contributed by atoms with Crippen LogP contribution < -0.4 is 16.4 Å². The number of fused-ring (bicyclic) bond motifs is 2. The van der Waals surface area contributed by atoms with E-state index in [0.717, 1.165) is 6.42 Å². The third-order valence-electron chi connectivity index (χ3n) is 4.30. The number of hydrogen-bond acceptors (Lipinski definition) is 6. The molecule has 4 N–H and O–H groups in total. The predicted octanol–water partition coefficient (Wildman–Crippen LogP) is -1.55. The number of nitrogens with two attached hydrogens (primary N) is 1. The summed E-state index contributed by atoms with van der Waals surface area (Å²) >= 11 is 3.70. The number of hydrogen-bond donors (Lipinski definition) is 4. The lowest BCUT2D eigenvalue weighted by Gasteiger charge is -2.30. The molecule has 0 saturated carbocycles. The van der Waals surface area contributed by atoms with Crippen LogP contribution in [0.25, 0.3) is 0 Å². The number of nitrogens with zero attached hydrogens (tertiary/aromatic N) is 2. The smallest absolute Gasteiger partial charge is 0.345 e. The first-order valence-corrected chi connectivity index (χ1v) is 7.16. The van der Waals surface area contributed by atoms with E-state index in [-0.39, 0.29) is 30.1 Å². The highest BCUT2D eigenvalue weighted by molar-refractivity contribution is 7.75. The molecule has 0 spiro atoms. The van der Waals surface area contributed by atoms with Gasteiger partial charge in [-0.15, -0.1) is 0 Å². The maximum Gasteiger partial charge on any atom is 0.345 e. The van der Waals surface area contributed by atoms with Gasteiger partial charge in [0, 0.05) is 38.6 Å². The lowest BCUT2D eigenvalue weighted by Crippen LogP contribution is -2.55. The zero-order chi connectivity index (χ0) is 14.3. The van der Waals surface area contributed by atoms with E-state index in [1.807, 2.05) is 0 Å². The van der Waals surface area contributed by atoms with E-state index in [1.165, 1.54) is 5.06 Å². The Morgan fingerprint density at radius 1 is 1.45 bits per heavy atom. The Kier molecular flexibility index (Phi) is 3.76. The van der Waals surface area contributed by atoms with Gasteiger partial charge >= 0.3 is 6.03 Å². The van der Waals surface area contributed by atoms with Crippen molar-refractivity contribution in [3.05, 3.63) is 0 Å². The topological polar surface area (TPSA) is 99.9 Å². The van der Waals surface area contributed by atoms with Gasteiger partial charge < -0.3 is 21.3 Å². The molecule has 3 heterocycles. The van der Waals surface area contributed by atoms with Crippen molar-refractivity contribution in [1.29, 1.82) is 0 Å². The maximum absolute atomic E-state index is 12.4. The number of carbonyl (C=O) groups is 2. The summed E-state index contributed by atoms with van der Waals surface area (Å²) in [6.07, 6.45) is 1.36. The van der Waals surface area contributed by atoms with Crippen LogP contribution >= 0.6 is 12.9 Å². The molecule has 20 heavy (non-hydrogen) atoms. The van der Waals surface area contributed by atoms with Crippen molar-refractivity contribution in [1.82, 2.24) is 20.6 Å². The van der Waals surface area contributed by atoms with Crippen molar-refractivity contribution < 1.29 is 13.9 Å². The predicted molar refractivity (Wildman–Crippen MR) is 73.6 cm³/mol. The zero-order valence-corrected chi connectivity index (χ0v) is 11.9. The van der Waals surface area contributed by atoms with Crippen molar-refractivity contribution in [3.8, 4) is 0 Å². The van der Waals surface area contributed by atoms with Crippen LogP contribution in [0.3, 0.4) is 0 Å². The molecule has 0 aromatic rings. The molecular weight excluding hydrogens is 282 g/mol. The van der Waals surface area contributed by atoms with Crippen molar-refractivity contribution in [2.75, 3.05) is 19.6 Å². The molecule has 112 valence electrons. The standard InChI is InChI=1S/C11H19N5O3S/c12-7-3-13-4-8(7)14-10(17)9-2-1-6-5-15(9)11(18)16(6)19-20/h6-9,13,20H,1-5,12H2,(H,14,17)/t6-,7+,8-,9+/m1/s1. The first kappa shape index (κ1) is 13.9. The highest BCUT2D eigenvalue weighted by atomic mass is 32.1. The lowest BCUT2D eigenvalue weighted by atomic mass is 10.00. The van der Waals surface area contributed by atoms with Gasteiger partial charge in [0.25, 0.3) is 0 Å². The summed E-state index contributed by atoms with van der Waals surface area (Å²) in [5, 5.41) is 7.30. The van der Waals surface area contributed by atoms with Gasteiger partial charge in [0.1, 0.15) is 6.04 Å². The number of carbonyl (C=O) groups excluding carboxylic acids is 2. The Balaban J connectivity index is 1.65. The number of thiol groups is 1. The van der Waals surface area contributed by atoms with Crippen LogP contribution in [0.15, 0.2) is 0 Å². The maximum atomic E-state index is 12.4. The van der Waals surface area contributed by atoms with Gasteiger partial charge in [-0.2, -0.15) is 5.06 Å². The largest absolute Gasteiger partial charge is 0.349 e. The van der Waals surface area contributed by atoms with Crippen LogP contribution in [-0.2, 0) is 9.08 Å². The van der Waals surface area contributed by atoms with Crippen LogP contribution in [0, 0.1) is 0 Å². The normalized spacial score (nSPS) is 36.6. The molecule has 3 aliphatic heterocycles. The summed E-state index contributed by atoms with van der Waals surface area (Å²) in [4.78, 5) is 26.0. The average Bonchev–Trinajstić information content (AvgIpc) is 2.94. The fourth-order valence-electron chi connectivity index (χ4n) is 3.15. The van der Waals surface area contributed by atoms with E-state index < -0.39 is 6.04 Å². The monoisotopic (exact) mass is 301 g/mol. The van der Waals surface area contributed by atoms with E-state index in [1.54, 1.807) is 4.90 Å². The molecule has 3 amide bonds. The SMILES string of the molecule is N[C@H]1CNC[C@H]1NC(=O)[C@@H]1CC[C@@H]2CN1C(=O)N2OS. The second-order valence-electron chi connectivity index (χ2n) is 5.53. The fourth-order valence-corrected chi connectivity index (χ4v) is 3.35. The number of nitrogens with one attached hydrogen (secondary N) is 2. The minimum atomic E-state index is -0.444. The molecule has 3 fully saturated rings. The molecule has 9 heteroatoms. The van der Waals surface area contributed by atoms with E-state index >= 15 is 0 Å². The van der Waals surface area contributed by atoms with E-state index in [4.69, 9.17) is 10.0 Å². The van der Waals surface area contributed by atoms with E-state index in [9.17, 15) is 9.59 Å². The summed E-state index contributed by atoms with van der Waals surface area (Å²) in [7, 11) is 0. The van der Waals surface area contributed by atoms with Crippen LogP contribution in [0.1, 0.15) is 12.8 Å². The average molecular weight is 301 g/mol. The highest BCUT2D eigenvalue weighted by Gasteiger charge is 2.48. The first-order chi connectivity index (χ1) is 9.61. The number of rotatable bonds is 3. The highest BCUT2D eigenvalue weighted by Crippen LogP contribution is 2.30. The Labute approximate surface area is 122 Å². The second-order valence-corrected chi connectivity index (χ2v) is 5.69. The van der Waals surface area contributed by atoms with Crippen molar-refractivity contribution in [3.63, 3.8) is 0 Å². The molecular formula is C11H19N5O3S. The van der Waals surface area contributed by atoms with Gasteiger partial charge in [0.2, 0.25) is 5.91 Å². The third-order valence-corrected chi connectivity index (χ3v) is 4.48. The number of amides is 3. The molecule has 4 atom stereocenters. The molecule has 2 bridgehead atoms. The Hall–Kier alpha value is -1.03. The second kappa shape index (κ2) is 5.40. The van der Waals surface area contributed by atoms with Crippen molar-refractivity contribution in [2.24, 2.45) is 5.73 Å². The number of urea groups is 1. The van der Waals surface area contributed by atoms with Gasteiger partial charge in [-0.05, 0) is 12.8 Å². The van der Waals surface area contributed by atoms with Gasteiger partial charge in [-0.1, -0.05) is 0 Å². The number of piperidine rings is 1. The fraction of sp³-hybridized carbons (Fsp3) is 0.818. The molecule has 0 radical (unpaired) electrons.